The van der Waals surface area contributed by atoms with Crippen LogP contribution in [0.4, 0.5) is 0 Å². The zero-order valence-electron chi connectivity index (χ0n) is 6.79. The van der Waals surface area contributed by atoms with Crippen LogP contribution < -0.4 is 0 Å². The SMILES string of the molecule is COCO[CH]c1cccc(Cl)c1. The van der Waals surface area contributed by atoms with E-state index in [4.69, 9.17) is 21.1 Å². The summed E-state index contributed by atoms with van der Waals surface area (Å²) in [5.41, 5.74) is 0.930. The smallest absolute Gasteiger partial charge is 0.147 e. The van der Waals surface area contributed by atoms with Gasteiger partial charge in [0.2, 0.25) is 0 Å². The maximum Gasteiger partial charge on any atom is 0.147 e. The summed E-state index contributed by atoms with van der Waals surface area (Å²) in [5, 5.41) is 0.699. The maximum atomic E-state index is 5.75. The second kappa shape index (κ2) is 5.14. The molecule has 12 heavy (non-hydrogen) atoms. The number of methoxy groups -OCH3 is 1. The van der Waals surface area contributed by atoms with Gasteiger partial charge in [-0.3, -0.25) is 0 Å². The lowest BCUT2D eigenvalue weighted by molar-refractivity contribution is 0.00462. The van der Waals surface area contributed by atoms with E-state index in [0.29, 0.717) is 5.02 Å². The molecule has 0 aromatic heterocycles. The Balaban J connectivity index is 2.41. The van der Waals surface area contributed by atoms with Gasteiger partial charge in [-0.15, -0.1) is 0 Å². The number of halogens is 1. The molecule has 1 rings (SSSR count). The summed E-state index contributed by atoms with van der Waals surface area (Å²) in [6, 6.07) is 7.40. The van der Waals surface area contributed by atoms with Crippen LogP contribution in [-0.2, 0) is 9.47 Å². The Morgan fingerprint density at radius 3 is 3.00 bits per heavy atom. The third kappa shape index (κ3) is 3.22. The van der Waals surface area contributed by atoms with Gasteiger partial charge in [0.05, 0.1) is 0 Å². The molecule has 0 amide bonds. The number of rotatable bonds is 4. The van der Waals surface area contributed by atoms with Crippen LogP contribution in [0.25, 0.3) is 0 Å². The van der Waals surface area contributed by atoms with E-state index in [9.17, 15) is 0 Å². The molecule has 0 heterocycles. The fraction of sp³-hybridized carbons (Fsp3) is 0.222. The standard InChI is InChI=1S/C9H10ClO2/c1-11-7-12-6-8-3-2-4-9(10)5-8/h2-6H,7H2,1H3. The van der Waals surface area contributed by atoms with Gasteiger partial charge in [0.1, 0.15) is 13.4 Å². The van der Waals surface area contributed by atoms with Crippen LogP contribution in [0.2, 0.25) is 5.02 Å². The zero-order valence-corrected chi connectivity index (χ0v) is 7.54. The molecule has 0 aliphatic heterocycles. The highest BCUT2D eigenvalue weighted by Crippen LogP contribution is 2.12. The van der Waals surface area contributed by atoms with E-state index in [1.807, 2.05) is 24.3 Å². The number of hydrogen-bond acceptors (Lipinski definition) is 2. The molecular formula is C9H10ClO2. The van der Waals surface area contributed by atoms with Crippen LogP contribution in [-0.4, -0.2) is 13.9 Å². The fourth-order valence-electron chi connectivity index (χ4n) is 0.778. The summed E-state index contributed by atoms with van der Waals surface area (Å²) >= 11 is 5.75. The van der Waals surface area contributed by atoms with Crippen LogP contribution in [0.1, 0.15) is 5.56 Å². The Morgan fingerprint density at radius 1 is 1.50 bits per heavy atom. The van der Waals surface area contributed by atoms with Crippen molar-refractivity contribution < 1.29 is 9.47 Å². The predicted octanol–water partition coefficient (Wildman–Crippen LogP) is 2.47. The average molecular weight is 186 g/mol. The van der Waals surface area contributed by atoms with Crippen molar-refractivity contribution in [1.29, 1.82) is 0 Å². The summed E-state index contributed by atoms with van der Waals surface area (Å²) in [7, 11) is 1.58. The summed E-state index contributed by atoms with van der Waals surface area (Å²) in [6.45, 7) is 1.86. The van der Waals surface area contributed by atoms with Crippen molar-refractivity contribution in [3.8, 4) is 0 Å². The second-order valence-corrected chi connectivity index (χ2v) is 2.68. The van der Waals surface area contributed by atoms with Gasteiger partial charge in [-0.05, 0) is 17.7 Å². The minimum Gasteiger partial charge on any atom is -0.359 e. The third-order valence-corrected chi connectivity index (χ3v) is 1.49. The van der Waals surface area contributed by atoms with Crippen molar-refractivity contribution in [3.63, 3.8) is 0 Å². The molecule has 65 valence electrons. The number of hydrogen-bond donors (Lipinski definition) is 0. The van der Waals surface area contributed by atoms with Gasteiger partial charge >= 0.3 is 0 Å². The average Bonchev–Trinajstić information content (AvgIpc) is 2.05. The van der Waals surface area contributed by atoms with E-state index in [0.717, 1.165) is 5.56 Å². The summed E-state index contributed by atoms with van der Waals surface area (Å²) in [5.74, 6) is 0. The highest BCUT2D eigenvalue weighted by Gasteiger charge is 1.93. The highest BCUT2D eigenvalue weighted by atomic mass is 35.5. The molecule has 0 saturated heterocycles. The Bertz CT molecular complexity index is 238. The molecular weight excluding hydrogens is 176 g/mol. The van der Waals surface area contributed by atoms with Gasteiger partial charge in [0, 0.05) is 12.1 Å². The Kier molecular flexibility index (Phi) is 4.08. The molecule has 1 radical (unpaired) electrons. The molecule has 1 aromatic rings. The Labute approximate surface area is 77.1 Å². The maximum absolute atomic E-state index is 5.75. The molecule has 0 spiro atoms. The third-order valence-electron chi connectivity index (χ3n) is 1.25. The predicted molar refractivity (Wildman–Crippen MR) is 47.8 cm³/mol. The lowest BCUT2D eigenvalue weighted by Crippen LogP contribution is -1.94. The minimum absolute atomic E-state index is 0.256. The van der Waals surface area contributed by atoms with Crippen LogP contribution in [0.5, 0.6) is 0 Å². The second-order valence-electron chi connectivity index (χ2n) is 2.25. The summed E-state index contributed by atoms with van der Waals surface area (Å²) in [4.78, 5) is 0. The Hall–Kier alpha value is -0.570. The van der Waals surface area contributed by atoms with Gasteiger partial charge in [-0.25, -0.2) is 0 Å². The van der Waals surface area contributed by atoms with Crippen molar-refractivity contribution in [3.05, 3.63) is 41.5 Å². The van der Waals surface area contributed by atoms with E-state index in [-0.39, 0.29) is 6.79 Å². The van der Waals surface area contributed by atoms with Crippen molar-refractivity contribution in [1.82, 2.24) is 0 Å². The molecule has 0 saturated carbocycles. The first-order valence-electron chi connectivity index (χ1n) is 3.52. The van der Waals surface area contributed by atoms with E-state index >= 15 is 0 Å². The number of ether oxygens (including phenoxy) is 2. The lowest BCUT2D eigenvalue weighted by atomic mass is 10.2. The van der Waals surface area contributed by atoms with Crippen molar-refractivity contribution in [2.75, 3.05) is 13.9 Å². The first kappa shape index (κ1) is 9.52. The molecule has 0 aliphatic rings. The highest BCUT2D eigenvalue weighted by molar-refractivity contribution is 6.30. The Morgan fingerprint density at radius 2 is 2.33 bits per heavy atom. The molecule has 0 atom stereocenters. The van der Waals surface area contributed by atoms with E-state index in [2.05, 4.69) is 0 Å². The molecule has 0 fully saturated rings. The van der Waals surface area contributed by atoms with E-state index in [1.54, 1.807) is 13.7 Å². The van der Waals surface area contributed by atoms with Crippen molar-refractivity contribution >= 4 is 11.6 Å². The van der Waals surface area contributed by atoms with Gasteiger partial charge in [-0.1, -0.05) is 23.7 Å². The molecule has 3 heteroatoms. The van der Waals surface area contributed by atoms with Crippen molar-refractivity contribution in [2.45, 2.75) is 0 Å². The summed E-state index contributed by atoms with van der Waals surface area (Å²) < 4.78 is 9.73. The number of benzene rings is 1. The van der Waals surface area contributed by atoms with Gasteiger partial charge in [0.25, 0.3) is 0 Å². The van der Waals surface area contributed by atoms with Crippen molar-refractivity contribution in [2.24, 2.45) is 0 Å². The molecule has 0 unspecified atom stereocenters. The molecule has 0 bridgehead atoms. The van der Waals surface area contributed by atoms with Crippen LogP contribution in [0.15, 0.2) is 24.3 Å². The van der Waals surface area contributed by atoms with Gasteiger partial charge < -0.3 is 9.47 Å². The molecule has 2 nitrogen and oxygen atoms in total. The summed E-state index contributed by atoms with van der Waals surface area (Å²) in [6.07, 6.45) is 0. The topological polar surface area (TPSA) is 18.5 Å². The van der Waals surface area contributed by atoms with Crippen LogP contribution in [0.3, 0.4) is 0 Å². The molecule has 1 aromatic carbocycles. The lowest BCUT2D eigenvalue weighted by Gasteiger charge is -2.01. The van der Waals surface area contributed by atoms with Gasteiger partial charge in [0.15, 0.2) is 0 Å². The largest absolute Gasteiger partial charge is 0.359 e. The normalized spacial score (nSPS) is 10.2. The van der Waals surface area contributed by atoms with Crippen LogP contribution >= 0.6 is 11.6 Å². The van der Waals surface area contributed by atoms with E-state index in [1.165, 1.54) is 0 Å². The molecule has 0 N–H and O–H groups in total. The zero-order chi connectivity index (χ0) is 8.81. The van der Waals surface area contributed by atoms with Gasteiger partial charge in [-0.2, -0.15) is 0 Å². The monoisotopic (exact) mass is 185 g/mol. The molecule has 0 aliphatic carbocycles. The first-order valence-corrected chi connectivity index (χ1v) is 3.90. The quantitative estimate of drug-likeness (QED) is 0.530. The minimum atomic E-state index is 0.256. The first-order chi connectivity index (χ1) is 5.83. The van der Waals surface area contributed by atoms with E-state index < -0.39 is 0 Å². The fourth-order valence-corrected chi connectivity index (χ4v) is 0.977. The van der Waals surface area contributed by atoms with Crippen LogP contribution in [0, 0.1) is 6.61 Å².